The maximum atomic E-state index is 12.1. The number of hydrogen-bond donors (Lipinski definition) is 3. The molecule has 7 nitrogen and oxygen atoms in total. The molecule has 3 aromatic carbocycles. The first-order chi connectivity index (χ1) is 14.1. The minimum Gasteiger partial charge on any atom is -0.444 e. The summed E-state index contributed by atoms with van der Waals surface area (Å²) in [5.41, 5.74) is 8.59. The minimum absolute atomic E-state index is 0.122. The molecule has 0 radical (unpaired) electrons. The first-order valence-corrected chi connectivity index (χ1v) is 8.95. The third kappa shape index (κ3) is 6.28. The number of nitrogen functional groups attached to an aromatic ring is 1. The topological polar surface area (TPSA) is 103 Å². The molecule has 0 saturated carbocycles. The van der Waals surface area contributed by atoms with E-state index < -0.39 is 12.2 Å². The van der Waals surface area contributed by atoms with E-state index in [4.69, 9.17) is 15.2 Å². The Hall–Kier alpha value is -4.00. The molecular weight excluding hydrogens is 370 g/mol. The van der Waals surface area contributed by atoms with Crippen LogP contribution in [-0.2, 0) is 22.7 Å². The summed E-state index contributed by atoms with van der Waals surface area (Å²) in [6.45, 7) is 0.250. The summed E-state index contributed by atoms with van der Waals surface area (Å²) in [4.78, 5) is 24.2. The van der Waals surface area contributed by atoms with Crippen molar-refractivity contribution in [3.05, 3.63) is 90.0 Å². The standard InChI is InChI=1S/C22H21N3O4/c23-18-11-12-19(24-21(26)28-14-16-7-3-1-4-8-16)20(13-18)25-22(27)29-15-17-9-5-2-6-10-17/h1-13H,14-15,23H2,(H,24,26)(H,25,27). The van der Waals surface area contributed by atoms with E-state index in [9.17, 15) is 9.59 Å². The molecule has 0 aliphatic rings. The quantitative estimate of drug-likeness (QED) is 0.526. The monoisotopic (exact) mass is 391 g/mol. The minimum atomic E-state index is -0.667. The summed E-state index contributed by atoms with van der Waals surface area (Å²) in [6.07, 6.45) is -1.32. The lowest BCUT2D eigenvalue weighted by Gasteiger charge is -2.13. The number of carbonyl (C=O) groups excluding carboxylic acids is 2. The number of nitrogens with one attached hydrogen (secondary N) is 2. The van der Waals surface area contributed by atoms with Crippen molar-refractivity contribution in [1.29, 1.82) is 0 Å². The summed E-state index contributed by atoms with van der Waals surface area (Å²) in [6, 6.07) is 23.3. The predicted molar refractivity (Wildman–Crippen MR) is 111 cm³/mol. The molecular formula is C22H21N3O4. The lowest BCUT2D eigenvalue weighted by atomic mass is 10.2. The zero-order valence-electron chi connectivity index (χ0n) is 15.6. The van der Waals surface area contributed by atoms with Gasteiger partial charge in [-0.15, -0.1) is 0 Å². The van der Waals surface area contributed by atoms with Crippen molar-refractivity contribution < 1.29 is 19.1 Å². The van der Waals surface area contributed by atoms with E-state index in [1.807, 2.05) is 60.7 Å². The Kier molecular flexibility index (Phi) is 6.67. The third-order valence-corrected chi connectivity index (χ3v) is 3.94. The van der Waals surface area contributed by atoms with E-state index in [2.05, 4.69) is 10.6 Å². The van der Waals surface area contributed by atoms with Gasteiger partial charge < -0.3 is 15.2 Å². The van der Waals surface area contributed by atoms with Gasteiger partial charge in [0.15, 0.2) is 0 Å². The molecule has 0 unspecified atom stereocenters. The van der Waals surface area contributed by atoms with Gasteiger partial charge in [0.25, 0.3) is 0 Å². The average Bonchev–Trinajstić information content (AvgIpc) is 2.74. The van der Waals surface area contributed by atoms with E-state index in [0.717, 1.165) is 11.1 Å². The number of carbonyl (C=O) groups is 2. The first-order valence-electron chi connectivity index (χ1n) is 8.95. The van der Waals surface area contributed by atoms with Gasteiger partial charge in [-0.2, -0.15) is 0 Å². The Balaban J connectivity index is 1.58. The molecule has 0 aliphatic heterocycles. The maximum absolute atomic E-state index is 12.1. The molecule has 0 spiro atoms. The van der Waals surface area contributed by atoms with Crippen LogP contribution in [0.1, 0.15) is 11.1 Å². The molecule has 0 fully saturated rings. The van der Waals surface area contributed by atoms with Crippen LogP contribution in [-0.4, -0.2) is 12.2 Å². The summed E-state index contributed by atoms with van der Waals surface area (Å²) in [5, 5.41) is 5.19. The SMILES string of the molecule is Nc1ccc(NC(=O)OCc2ccccc2)c(NC(=O)OCc2ccccc2)c1. The fraction of sp³-hybridized carbons (Fsp3) is 0.0909. The molecule has 3 rings (SSSR count). The summed E-state index contributed by atoms with van der Waals surface area (Å²) < 4.78 is 10.4. The van der Waals surface area contributed by atoms with E-state index in [0.29, 0.717) is 17.1 Å². The second-order valence-electron chi connectivity index (χ2n) is 6.18. The lowest BCUT2D eigenvalue weighted by Crippen LogP contribution is -2.18. The van der Waals surface area contributed by atoms with Crippen molar-refractivity contribution in [2.24, 2.45) is 0 Å². The van der Waals surface area contributed by atoms with E-state index in [1.54, 1.807) is 12.1 Å². The normalized spacial score (nSPS) is 10.1. The summed E-state index contributed by atoms with van der Waals surface area (Å²) >= 11 is 0. The maximum Gasteiger partial charge on any atom is 0.412 e. The fourth-order valence-corrected chi connectivity index (χ4v) is 2.51. The van der Waals surface area contributed by atoms with Gasteiger partial charge in [-0.25, -0.2) is 9.59 Å². The fourth-order valence-electron chi connectivity index (χ4n) is 2.51. The number of ether oxygens (including phenoxy) is 2. The highest BCUT2D eigenvalue weighted by atomic mass is 16.6. The molecule has 3 aromatic rings. The number of hydrogen-bond acceptors (Lipinski definition) is 5. The number of rotatable bonds is 6. The number of amides is 2. The van der Waals surface area contributed by atoms with Gasteiger partial charge in [0.1, 0.15) is 13.2 Å². The molecule has 0 atom stereocenters. The zero-order chi connectivity index (χ0) is 20.5. The number of nitrogens with two attached hydrogens (primary N) is 1. The zero-order valence-corrected chi connectivity index (χ0v) is 15.6. The Morgan fingerprint density at radius 2 is 1.17 bits per heavy atom. The molecule has 0 heterocycles. The van der Waals surface area contributed by atoms with Gasteiger partial charge in [0.05, 0.1) is 11.4 Å². The van der Waals surface area contributed by atoms with Crippen molar-refractivity contribution in [2.75, 3.05) is 16.4 Å². The third-order valence-electron chi connectivity index (χ3n) is 3.94. The van der Waals surface area contributed by atoms with Crippen LogP contribution < -0.4 is 16.4 Å². The van der Waals surface area contributed by atoms with Gasteiger partial charge in [0.2, 0.25) is 0 Å². The van der Waals surface area contributed by atoms with Crippen LogP contribution in [0, 0.1) is 0 Å². The second kappa shape index (κ2) is 9.80. The molecule has 0 aliphatic carbocycles. The van der Waals surface area contributed by atoms with Crippen molar-refractivity contribution >= 4 is 29.2 Å². The molecule has 29 heavy (non-hydrogen) atoms. The van der Waals surface area contributed by atoms with E-state index >= 15 is 0 Å². The van der Waals surface area contributed by atoms with Crippen molar-refractivity contribution in [3.63, 3.8) is 0 Å². The Morgan fingerprint density at radius 1 is 0.690 bits per heavy atom. The van der Waals surface area contributed by atoms with Crippen LogP contribution in [0.4, 0.5) is 26.7 Å². The molecule has 0 saturated heterocycles. The number of benzene rings is 3. The number of anilines is 3. The van der Waals surface area contributed by atoms with Crippen molar-refractivity contribution in [3.8, 4) is 0 Å². The summed E-state index contributed by atoms with van der Waals surface area (Å²) in [7, 11) is 0. The van der Waals surface area contributed by atoms with Crippen LogP contribution in [0.5, 0.6) is 0 Å². The van der Waals surface area contributed by atoms with Crippen LogP contribution in [0.2, 0.25) is 0 Å². The van der Waals surface area contributed by atoms with Crippen LogP contribution >= 0.6 is 0 Å². The van der Waals surface area contributed by atoms with Crippen molar-refractivity contribution in [2.45, 2.75) is 13.2 Å². The lowest BCUT2D eigenvalue weighted by molar-refractivity contribution is 0.154. The van der Waals surface area contributed by atoms with Gasteiger partial charge in [-0.05, 0) is 29.3 Å². The average molecular weight is 391 g/mol. The van der Waals surface area contributed by atoms with Gasteiger partial charge >= 0.3 is 12.2 Å². The van der Waals surface area contributed by atoms with Gasteiger partial charge in [0, 0.05) is 5.69 Å². The van der Waals surface area contributed by atoms with Crippen LogP contribution in [0.15, 0.2) is 78.9 Å². The second-order valence-corrected chi connectivity index (χ2v) is 6.18. The molecule has 4 N–H and O–H groups in total. The first kappa shape index (κ1) is 19.8. The van der Waals surface area contributed by atoms with Crippen LogP contribution in [0.25, 0.3) is 0 Å². The van der Waals surface area contributed by atoms with E-state index in [-0.39, 0.29) is 13.2 Å². The molecule has 7 heteroatoms. The highest BCUT2D eigenvalue weighted by molar-refractivity contribution is 5.96. The van der Waals surface area contributed by atoms with Gasteiger partial charge in [-0.3, -0.25) is 10.6 Å². The molecule has 2 amide bonds. The summed E-state index contributed by atoms with van der Waals surface area (Å²) in [5.74, 6) is 0. The molecule has 0 bridgehead atoms. The predicted octanol–water partition coefficient (Wildman–Crippen LogP) is 4.77. The Labute approximate surface area is 168 Å². The highest BCUT2D eigenvalue weighted by Gasteiger charge is 2.12. The van der Waals surface area contributed by atoms with Crippen LogP contribution in [0.3, 0.4) is 0 Å². The largest absolute Gasteiger partial charge is 0.444 e. The molecule has 148 valence electrons. The van der Waals surface area contributed by atoms with E-state index in [1.165, 1.54) is 6.07 Å². The Morgan fingerprint density at radius 3 is 1.69 bits per heavy atom. The van der Waals surface area contributed by atoms with Crippen molar-refractivity contribution in [1.82, 2.24) is 0 Å². The molecule has 0 aromatic heterocycles. The van der Waals surface area contributed by atoms with Gasteiger partial charge in [-0.1, -0.05) is 60.7 Å². The highest BCUT2D eigenvalue weighted by Crippen LogP contribution is 2.25. The Bertz CT molecular complexity index is 962. The smallest absolute Gasteiger partial charge is 0.412 e.